The quantitative estimate of drug-likeness (QED) is 0.801. The van der Waals surface area contributed by atoms with Crippen molar-refractivity contribution in [3.8, 4) is 11.8 Å². The number of halogens is 4. The summed E-state index contributed by atoms with van der Waals surface area (Å²) in [4.78, 5) is 11.4. The fraction of sp³-hybridized carbons (Fsp3) is 0.333. The molecule has 0 radical (unpaired) electrons. The molecule has 0 unspecified atom stereocenters. The van der Waals surface area contributed by atoms with Gasteiger partial charge in [0.2, 0.25) is 0 Å². The van der Waals surface area contributed by atoms with E-state index in [9.17, 15) is 18.0 Å². The largest absolute Gasteiger partial charge is 0.573 e. The summed E-state index contributed by atoms with van der Waals surface area (Å²) >= 11 is 5.64. The monoisotopic (exact) mass is 307 g/mol. The zero-order chi connectivity index (χ0) is 15.3. The van der Waals surface area contributed by atoms with Crippen molar-refractivity contribution in [3.63, 3.8) is 0 Å². The molecule has 0 aromatic heterocycles. The highest BCUT2D eigenvalue weighted by Crippen LogP contribution is 2.35. The zero-order valence-electron chi connectivity index (χ0n) is 10.3. The predicted molar refractivity (Wildman–Crippen MR) is 63.2 cm³/mol. The van der Waals surface area contributed by atoms with Crippen molar-refractivity contribution in [1.82, 2.24) is 0 Å². The van der Waals surface area contributed by atoms with E-state index >= 15 is 0 Å². The molecule has 0 aliphatic carbocycles. The third-order valence-corrected chi connectivity index (χ3v) is 2.47. The van der Waals surface area contributed by atoms with Crippen LogP contribution in [0, 0.1) is 11.3 Å². The number of nitriles is 1. The molecule has 1 aromatic carbocycles. The number of carbonyl (C=O) groups is 1. The number of nitrogens with zero attached hydrogens (tertiary/aromatic N) is 1. The normalized spacial score (nSPS) is 10.8. The Labute approximate surface area is 117 Å². The van der Waals surface area contributed by atoms with Crippen molar-refractivity contribution >= 4 is 17.6 Å². The van der Waals surface area contributed by atoms with Crippen LogP contribution in [0.5, 0.6) is 5.75 Å². The number of hydrogen-bond donors (Lipinski definition) is 0. The summed E-state index contributed by atoms with van der Waals surface area (Å²) in [6.45, 7) is 1.62. The van der Waals surface area contributed by atoms with E-state index in [1.807, 2.05) is 0 Å². The highest BCUT2D eigenvalue weighted by molar-refractivity contribution is 6.32. The van der Waals surface area contributed by atoms with Crippen LogP contribution in [0.4, 0.5) is 13.2 Å². The standard InChI is InChI=1S/C12H9ClF3NO3/c1-2-19-10(18)5-8-7(6-17)3-4-9(13)11(8)20-12(14,15)16/h3-4H,2,5H2,1H3. The van der Waals surface area contributed by atoms with Gasteiger partial charge in [0.1, 0.15) is 0 Å². The van der Waals surface area contributed by atoms with Crippen LogP contribution < -0.4 is 4.74 Å². The first-order chi connectivity index (χ1) is 9.28. The summed E-state index contributed by atoms with van der Waals surface area (Å²) in [6.07, 6.45) is -5.52. The number of carbonyl (C=O) groups excluding carboxylic acids is 1. The second-order valence-corrected chi connectivity index (χ2v) is 3.95. The number of alkyl halides is 3. The van der Waals surface area contributed by atoms with Crippen molar-refractivity contribution in [2.75, 3.05) is 6.61 Å². The topological polar surface area (TPSA) is 59.3 Å². The van der Waals surface area contributed by atoms with Crippen LogP contribution in [0.25, 0.3) is 0 Å². The van der Waals surface area contributed by atoms with Gasteiger partial charge in [-0.2, -0.15) is 5.26 Å². The molecule has 0 saturated carbocycles. The fourth-order valence-corrected chi connectivity index (χ4v) is 1.68. The van der Waals surface area contributed by atoms with Gasteiger partial charge in [0.25, 0.3) is 0 Å². The average Bonchev–Trinajstić information content (AvgIpc) is 2.33. The highest BCUT2D eigenvalue weighted by atomic mass is 35.5. The summed E-state index contributed by atoms with van der Waals surface area (Å²) in [5.74, 6) is -1.54. The maximum atomic E-state index is 12.3. The minimum atomic E-state index is -4.98. The van der Waals surface area contributed by atoms with E-state index in [0.29, 0.717) is 0 Å². The number of hydrogen-bond acceptors (Lipinski definition) is 4. The van der Waals surface area contributed by atoms with Crippen molar-refractivity contribution in [1.29, 1.82) is 5.26 Å². The van der Waals surface area contributed by atoms with Gasteiger partial charge in [-0.1, -0.05) is 11.6 Å². The molecule has 1 aromatic rings. The minimum absolute atomic E-state index is 0.0662. The fourth-order valence-electron chi connectivity index (χ4n) is 1.46. The Hall–Kier alpha value is -1.94. The summed E-state index contributed by atoms with van der Waals surface area (Å²) in [5, 5.41) is 8.55. The number of rotatable bonds is 4. The molecule has 0 aliphatic rings. The summed E-state index contributed by atoms with van der Waals surface area (Å²) in [7, 11) is 0. The molecule has 0 aliphatic heterocycles. The first-order valence-electron chi connectivity index (χ1n) is 5.41. The molecule has 0 atom stereocenters. The number of esters is 1. The van der Waals surface area contributed by atoms with E-state index in [4.69, 9.17) is 16.9 Å². The molecule has 0 fully saturated rings. The third-order valence-electron chi connectivity index (χ3n) is 2.18. The molecule has 0 saturated heterocycles. The van der Waals surface area contributed by atoms with Crippen LogP contribution in [-0.2, 0) is 16.0 Å². The lowest BCUT2D eigenvalue weighted by Crippen LogP contribution is -2.20. The predicted octanol–water partition coefficient (Wildman–Crippen LogP) is 3.22. The van der Waals surface area contributed by atoms with Crippen LogP contribution >= 0.6 is 11.6 Å². The molecule has 0 N–H and O–H groups in total. The second-order valence-electron chi connectivity index (χ2n) is 3.54. The van der Waals surface area contributed by atoms with E-state index in [2.05, 4.69) is 9.47 Å². The van der Waals surface area contributed by atoms with Gasteiger partial charge in [-0.05, 0) is 19.1 Å². The first kappa shape index (κ1) is 16.1. The molecule has 0 bridgehead atoms. The molecule has 20 heavy (non-hydrogen) atoms. The SMILES string of the molecule is CCOC(=O)Cc1c(C#N)ccc(Cl)c1OC(F)(F)F. The maximum Gasteiger partial charge on any atom is 0.573 e. The Kier molecular flexibility index (Phi) is 5.22. The van der Waals surface area contributed by atoms with Crippen LogP contribution in [0.2, 0.25) is 5.02 Å². The molecule has 108 valence electrons. The highest BCUT2D eigenvalue weighted by Gasteiger charge is 2.34. The smallest absolute Gasteiger partial charge is 0.466 e. The zero-order valence-corrected chi connectivity index (χ0v) is 11.0. The molecule has 0 heterocycles. The lowest BCUT2D eigenvalue weighted by atomic mass is 10.0. The Morgan fingerprint density at radius 3 is 2.60 bits per heavy atom. The van der Waals surface area contributed by atoms with Gasteiger partial charge in [0.05, 0.1) is 29.7 Å². The van der Waals surface area contributed by atoms with Crippen LogP contribution in [0.1, 0.15) is 18.1 Å². The van der Waals surface area contributed by atoms with E-state index in [1.165, 1.54) is 6.07 Å². The molecule has 1 rings (SSSR count). The molecule has 0 spiro atoms. The van der Waals surface area contributed by atoms with Crippen molar-refractivity contribution in [3.05, 3.63) is 28.3 Å². The molecule has 0 amide bonds. The van der Waals surface area contributed by atoms with E-state index in [1.54, 1.807) is 13.0 Å². The number of benzene rings is 1. The minimum Gasteiger partial charge on any atom is -0.466 e. The summed E-state index contributed by atoms with van der Waals surface area (Å²) in [5.41, 5.74) is -0.391. The Morgan fingerprint density at radius 2 is 2.10 bits per heavy atom. The van der Waals surface area contributed by atoms with Gasteiger partial charge < -0.3 is 9.47 Å². The van der Waals surface area contributed by atoms with Gasteiger partial charge in [0, 0.05) is 5.56 Å². The van der Waals surface area contributed by atoms with Crippen LogP contribution in [0.15, 0.2) is 12.1 Å². The van der Waals surface area contributed by atoms with Gasteiger partial charge in [-0.25, -0.2) is 0 Å². The molecule has 4 nitrogen and oxygen atoms in total. The van der Waals surface area contributed by atoms with Crippen LogP contribution in [0.3, 0.4) is 0 Å². The van der Waals surface area contributed by atoms with Crippen molar-refractivity contribution in [2.24, 2.45) is 0 Å². The van der Waals surface area contributed by atoms with Crippen LogP contribution in [-0.4, -0.2) is 18.9 Å². The lowest BCUT2D eigenvalue weighted by Gasteiger charge is -2.15. The van der Waals surface area contributed by atoms with Crippen molar-refractivity contribution in [2.45, 2.75) is 19.7 Å². The Morgan fingerprint density at radius 1 is 1.45 bits per heavy atom. The summed E-state index contributed by atoms with van der Waals surface area (Å²) < 4.78 is 45.5. The number of ether oxygens (including phenoxy) is 2. The Bertz CT molecular complexity index is 552. The first-order valence-corrected chi connectivity index (χ1v) is 5.79. The molecule has 8 heteroatoms. The molecular weight excluding hydrogens is 299 g/mol. The lowest BCUT2D eigenvalue weighted by molar-refractivity contribution is -0.274. The van der Waals surface area contributed by atoms with Gasteiger partial charge in [-0.15, -0.1) is 13.2 Å². The summed E-state index contributed by atoms with van der Waals surface area (Å²) in [6, 6.07) is 3.98. The average molecular weight is 308 g/mol. The van der Waals surface area contributed by atoms with Gasteiger partial charge in [-0.3, -0.25) is 4.79 Å². The van der Waals surface area contributed by atoms with E-state index in [-0.39, 0.29) is 22.8 Å². The maximum absolute atomic E-state index is 12.3. The second kappa shape index (κ2) is 6.48. The van der Waals surface area contributed by atoms with Crippen molar-refractivity contribution < 1.29 is 27.4 Å². The molecular formula is C12H9ClF3NO3. The van der Waals surface area contributed by atoms with E-state index in [0.717, 1.165) is 6.07 Å². The Balaban J connectivity index is 3.26. The van der Waals surface area contributed by atoms with Gasteiger partial charge >= 0.3 is 12.3 Å². The third kappa shape index (κ3) is 4.31. The van der Waals surface area contributed by atoms with Gasteiger partial charge in [0.15, 0.2) is 5.75 Å². The van der Waals surface area contributed by atoms with E-state index < -0.39 is 24.5 Å².